The lowest BCUT2D eigenvalue weighted by atomic mass is 10.0. The molecule has 0 radical (unpaired) electrons. The number of benzene rings is 1. The van der Waals surface area contributed by atoms with Crippen LogP contribution >= 0.6 is 15.9 Å². The van der Waals surface area contributed by atoms with Crippen molar-refractivity contribution in [3.05, 3.63) is 28.2 Å². The maximum absolute atomic E-state index is 9.42. The van der Waals surface area contributed by atoms with E-state index in [4.69, 9.17) is 0 Å². The highest BCUT2D eigenvalue weighted by atomic mass is 79.9. The Bertz CT molecular complexity index is 339. The largest absolute Gasteiger partial charge is 0.508 e. The number of hydrogen-bond donors (Lipinski definition) is 2. The Balaban J connectivity index is 2.63. The average Bonchev–Trinajstić information content (AvgIpc) is 2.23. The summed E-state index contributed by atoms with van der Waals surface area (Å²) < 4.78 is 1.04. The van der Waals surface area contributed by atoms with Crippen molar-refractivity contribution in [3.8, 4) is 5.75 Å². The van der Waals surface area contributed by atoms with Gasteiger partial charge in [0.1, 0.15) is 5.75 Å². The molecule has 90 valence electrons. The lowest BCUT2D eigenvalue weighted by molar-refractivity contribution is 0.386. The fraction of sp³-hybridized carbons (Fsp3) is 0.538. The van der Waals surface area contributed by atoms with Crippen LogP contribution in [0.2, 0.25) is 0 Å². The molecule has 0 aliphatic heterocycles. The van der Waals surface area contributed by atoms with E-state index >= 15 is 0 Å². The van der Waals surface area contributed by atoms with Crippen LogP contribution in [0.25, 0.3) is 0 Å². The predicted molar refractivity (Wildman–Crippen MR) is 71.6 cm³/mol. The van der Waals surface area contributed by atoms with Crippen LogP contribution < -0.4 is 5.32 Å². The molecule has 0 bridgehead atoms. The second-order valence-corrected chi connectivity index (χ2v) is 5.27. The first-order chi connectivity index (χ1) is 7.54. The minimum atomic E-state index is 0.317. The van der Waals surface area contributed by atoms with Gasteiger partial charge in [0.05, 0.1) is 0 Å². The molecule has 0 spiro atoms. The number of phenols is 1. The molecule has 2 nitrogen and oxygen atoms in total. The lowest BCUT2D eigenvalue weighted by Crippen LogP contribution is -2.32. The highest BCUT2D eigenvalue weighted by Crippen LogP contribution is 2.22. The Kier molecular flexibility index (Phi) is 5.29. The summed E-state index contributed by atoms with van der Waals surface area (Å²) in [5, 5.41) is 12.9. The molecule has 1 unspecified atom stereocenters. The average molecular weight is 286 g/mol. The maximum Gasteiger partial charge on any atom is 0.115 e. The molecular weight excluding hydrogens is 266 g/mol. The molecule has 2 N–H and O–H groups in total. The first kappa shape index (κ1) is 13.5. The number of rotatable bonds is 5. The quantitative estimate of drug-likeness (QED) is 0.865. The third-order valence-electron chi connectivity index (χ3n) is 2.83. The topological polar surface area (TPSA) is 32.3 Å². The molecule has 16 heavy (non-hydrogen) atoms. The Morgan fingerprint density at radius 3 is 2.62 bits per heavy atom. The Morgan fingerprint density at radius 1 is 1.38 bits per heavy atom. The summed E-state index contributed by atoms with van der Waals surface area (Å²) >= 11 is 3.49. The van der Waals surface area contributed by atoms with Gasteiger partial charge in [-0.15, -0.1) is 0 Å². The lowest BCUT2D eigenvalue weighted by Gasteiger charge is -2.21. The first-order valence-electron chi connectivity index (χ1n) is 5.75. The van der Waals surface area contributed by atoms with Crippen LogP contribution in [0.4, 0.5) is 0 Å². The fourth-order valence-electron chi connectivity index (χ4n) is 1.79. The number of aromatic hydroxyl groups is 1. The Morgan fingerprint density at radius 2 is 2.06 bits per heavy atom. The van der Waals surface area contributed by atoms with Crippen molar-refractivity contribution in [2.24, 2.45) is 5.92 Å². The van der Waals surface area contributed by atoms with Crippen molar-refractivity contribution in [2.75, 3.05) is 0 Å². The van der Waals surface area contributed by atoms with Gasteiger partial charge in [0, 0.05) is 17.1 Å². The molecule has 0 aliphatic carbocycles. The van der Waals surface area contributed by atoms with E-state index in [1.54, 1.807) is 12.1 Å². The molecule has 0 amide bonds. The number of hydrogen-bond acceptors (Lipinski definition) is 2. The molecule has 0 saturated carbocycles. The Hall–Kier alpha value is -0.540. The van der Waals surface area contributed by atoms with Gasteiger partial charge in [-0.3, -0.25) is 0 Å². The Labute approximate surface area is 106 Å². The maximum atomic E-state index is 9.42. The summed E-state index contributed by atoms with van der Waals surface area (Å²) in [5.41, 5.74) is 1.10. The fourth-order valence-corrected chi connectivity index (χ4v) is 2.18. The second kappa shape index (κ2) is 6.26. The molecule has 1 rings (SSSR count). The predicted octanol–water partition coefficient (Wildman–Crippen LogP) is 3.68. The number of nitrogens with one attached hydrogen (secondary N) is 1. The first-order valence-corrected chi connectivity index (χ1v) is 6.54. The molecule has 0 fully saturated rings. The molecule has 0 aromatic heterocycles. The number of phenolic OH excluding ortho intramolecular Hbond substituents is 1. The van der Waals surface area contributed by atoms with Crippen molar-refractivity contribution in [1.29, 1.82) is 0 Å². The number of halogens is 1. The van der Waals surface area contributed by atoms with Crippen molar-refractivity contribution in [1.82, 2.24) is 5.32 Å². The summed E-state index contributed by atoms with van der Waals surface area (Å²) in [6, 6.07) is 5.88. The van der Waals surface area contributed by atoms with Crippen LogP contribution in [0, 0.1) is 5.92 Å². The van der Waals surface area contributed by atoms with Gasteiger partial charge in [0.25, 0.3) is 0 Å². The van der Waals surface area contributed by atoms with E-state index in [0.29, 0.717) is 17.7 Å². The van der Waals surface area contributed by atoms with Crippen LogP contribution in [-0.4, -0.2) is 11.1 Å². The SMILES string of the molecule is CCC(NCc1cc(O)ccc1Br)C(C)C. The van der Waals surface area contributed by atoms with Gasteiger partial charge in [-0.05, 0) is 36.1 Å². The van der Waals surface area contributed by atoms with E-state index in [-0.39, 0.29) is 0 Å². The minimum Gasteiger partial charge on any atom is -0.508 e. The smallest absolute Gasteiger partial charge is 0.115 e. The molecule has 0 heterocycles. The van der Waals surface area contributed by atoms with Crippen LogP contribution in [0.3, 0.4) is 0 Å². The van der Waals surface area contributed by atoms with E-state index in [1.165, 1.54) is 0 Å². The zero-order valence-electron chi connectivity index (χ0n) is 10.1. The normalized spacial score (nSPS) is 13.1. The zero-order valence-corrected chi connectivity index (χ0v) is 11.7. The van der Waals surface area contributed by atoms with Crippen molar-refractivity contribution in [2.45, 2.75) is 39.8 Å². The van der Waals surface area contributed by atoms with E-state index < -0.39 is 0 Å². The summed E-state index contributed by atoms with van der Waals surface area (Å²) in [7, 11) is 0. The van der Waals surface area contributed by atoms with Crippen molar-refractivity contribution >= 4 is 15.9 Å². The van der Waals surface area contributed by atoms with Gasteiger partial charge in [0.2, 0.25) is 0 Å². The van der Waals surface area contributed by atoms with E-state index in [9.17, 15) is 5.11 Å². The highest BCUT2D eigenvalue weighted by molar-refractivity contribution is 9.10. The van der Waals surface area contributed by atoms with E-state index in [0.717, 1.165) is 23.0 Å². The molecule has 0 aliphatic rings. The van der Waals surface area contributed by atoms with Crippen molar-refractivity contribution in [3.63, 3.8) is 0 Å². The molecule has 1 aromatic rings. The van der Waals surface area contributed by atoms with Gasteiger partial charge in [-0.2, -0.15) is 0 Å². The van der Waals surface area contributed by atoms with E-state index in [1.807, 2.05) is 6.07 Å². The van der Waals surface area contributed by atoms with Gasteiger partial charge >= 0.3 is 0 Å². The third-order valence-corrected chi connectivity index (χ3v) is 3.60. The minimum absolute atomic E-state index is 0.317. The molecular formula is C13H20BrNO. The molecule has 3 heteroatoms. The van der Waals surface area contributed by atoms with Crippen LogP contribution in [0.5, 0.6) is 5.75 Å². The van der Waals surface area contributed by atoms with Crippen LogP contribution in [0.1, 0.15) is 32.8 Å². The van der Waals surface area contributed by atoms with Crippen LogP contribution in [-0.2, 0) is 6.54 Å². The zero-order chi connectivity index (χ0) is 12.1. The third kappa shape index (κ3) is 3.80. The standard InChI is InChI=1S/C13H20BrNO/c1-4-13(9(2)3)15-8-10-7-11(16)5-6-12(10)14/h5-7,9,13,15-16H,4,8H2,1-3H3. The summed E-state index contributed by atoms with van der Waals surface area (Å²) in [4.78, 5) is 0. The van der Waals surface area contributed by atoms with Gasteiger partial charge in [0.15, 0.2) is 0 Å². The second-order valence-electron chi connectivity index (χ2n) is 4.42. The van der Waals surface area contributed by atoms with Gasteiger partial charge < -0.3 is 10.4 Å². The van der Waals surface area contributed by atoms with Crippen molar-refractivity contribution < 1.29 is 5.11 Å². The monoisotopic (exact) mass is 285 g/mol. The molecule has 1 atom stereocenters. The molecule has 1 aromatic carbocycles. The summed E-state index contributed by atoms with van der Waals surface area (Å²) in [5.74, 6) is 0.943. The molecule has 0 saturated heterocycles. The summed E-state index contributed by atoms with van der Waals surface area (Å²) in [6.07, 6.45) is 1.12. The highest BCUT2D eigenvalue weighted by Gasteiger charge is 2.10. The van der Waals surface area contributed by atoms with E-state index in [2.05, 4.69) is 42.0 Å². The van der Waals surface area contributed by atoms with Crippen LogP contribution in [0.15, 0.2) is 22.7 Å². The van der Waals surface area contributed by atoms with Gasteiger partial charge in [-0.1, -0.05) is 36.7 Å². The van der Waals surface area contributed by atoms with Gasteiger partial charge in [-0.25, -0.2) is 0 Å². The summed E-state index contributed by atoms with van der Waals surface area (Å²) in [6.45, 7) is 7.41.